The second-order valence-corrected chi connectivity index (χ2v) is 8.60. The van der Waals surface area contributed by atoms with Gasteiger partial charge in [-0.15, -0.1) is 11.3 Å². The van der Waals surface area contributed by atoms with Crippen LogP contribution >= 0.6 is 11.3 Å². The van der Waals surface area contributed by atoms with E-state index in [0.29, 0.717) is 5.75 Å². The second-order valence-electron chi connectivity index (χ2n) is 7.57. The second kappa shape index (κ2) is 10.2. The largest absolute Gasteiger partial charge is 0.423 e. The number of esters is 2. The van der Waals surface area contributed by atoms with Crippen molar-refractivity contribution in [3.63, 3.8) is 0 Å². The van der Waals surface area contributed by atoms with Crippen LogP contribution in [-0.4, -0.2) is 16.9 Å². The highest BCUT2D eigenvalue weighted by Gasteiger charge is 2.16. The van der Waals surface area contributed by atoms with Gasteiger partial charge in [-0.2, -0.15) is 0 Å². The summed E-state index contributed by atoms with van der Waals surface area (Å²) in [6.45, 7) is 0. The van der Waals surface area contributed by atoms with Crippen molar-refractivity contribution in [2.45, 2.75) is 0 Å². The standard InChI is InChI=1S/C29H19NO4S/c31-27(18-17-20-9-2-1-3-10-20)33-22-12-8-11-21(19-22)29(32)34-25-15-6-4-13-23(25)28-30-24-14-5-7-16-26(24)35-28/h1-19H/b18-17-. The number of rotatable bonds is 6. The van der Waals surface area contributed by atoms with Crippen molar-refractivity contribution in [3.05, 3.63) is 120 Å². The van der Waals surface area contributed by atoms with Crippen LogP contribution in [0.5, 0.6) is 11.5 Å². The lowest BCUT2D eigenvalue weighted by atomic mass is 10.2. The Morgan fingerprint density at radius 2 is 1.54 bits per heavy atom. The van der Waals surface area contributed by atoms with Gasteiger partial charge >= 0.3 is 11.9 Å². The van der Waals surface area contributed by atoms with Crippen LogP contribution in [0.25, 0.3) is 26.9 Å². The Kier molecular flexibility index (Phi) is 6.46. The van der Waals surface area contributed by atoms with Crippen LogP contribution < -0.4 is 9.47 Å². The molecule has 0 N–H and O–H groups in total. The number of nitrogens with zero attached hydrogens (tertiary/aromatic N) is 1. The third kappa shape index (κ3) is 5.34. The number of para-hydroxylation sites is 2. The zero-order chi connectivity index (χ0) is 24.0. The van der Waals surface area contributed by atoms with Crippen molar-refractivity contribution >= 4 is 39.6 Å². The number of carbonyl (C=O) groups excluding carboxylic acids is 2. The molecule has 1 heterocycles. The third-order valence-corrected chi connectivity index (χ3v) is 6.18. The molecule has 0 unspecified atom stereocenters. The van der Waals surface area contributed by atoms with Crippen LogP contribution in [0.3, 0.4) is 0 Å². The molecule has 0 aliphatic carbocycles. The quantitative estimate of drug-likeness (QED) is 0.153. The van der Waals surface area contributed by atoms with Crippen LogP contribution in [0.1, 0.15) is 15.9 Å². The van der Waals surface area contributed by atoms with Crippen molar-refractivity contribution in [2.24, 2.45) is 0 Å². The van der Waals surface area contributed by atoms with E-state index in [9.17, 15) is 9.59 Å². The number of benzene rings is 4. The molecule has 4 aromatic carbocycles. The number of aromatic nitrogens is 1. The summed E-state index contributed by atoms with van der Waals surface area (Å²) in [4.78, 5) is 29.8. The molecule has 170 valence electrons. The Morgan fingerprint density at radius 1 is 0.771 bits per heavy atom. The number of fused-ring (bicyclic) bond motifs is 1. The summed E-state index contributed by atoms with van der Waals surface area (Å²) in [7, 11) is 0. The highest BCUT2D eigenvalue weighted by molar-refractivity contribution is 7.21. The molecular weight excluding hydrogens is 458 g/mol. The minimum atomic E-state index is -0.559. The zero-order valence-electron chi connectivity index (χ0n) is 18.5. The average Bonchev–Trinajstić information content (AvgIpc) is 3.33. The number of hydrogen-bond donors (Lipinski definition) is 0. The van der Waals surface area contributed by atoms with Gasteiger partial charge in [0.15, 0.2) is 0 Å². The molecule has 1 aromatic heterocycles. The van der Waals surface area contributed by atoms with E-state index in [1.54, 1.807) is 36.4 Å². The molecule has 0 saturated heterocycles. The first-order valence-electron chi connectivity index (χ1n) is 10.9. The molecule has 5 rings (SSSR count). The molecule has 0 fully saturated rings. The lowest BCUT2D eigenvalue weighted by Crippen LogP contribution is -2.10. The smallest absolute Gasteiger partial charge is 0.343 e. The summed E-state index contributed by atoms with van der Waals surface area (Å²) in [5.74, 6) is -0.441. The molecule has 0 spiro atoms. The van der Waals surface area contributed by atoms with Crippen LogP contribution in [0, 0.1) is 0 Å². The van der Waals surface area contributed by atoms with Gasteiger partial charge < -0.3 is 9.47 Å². The van der Waals surface area contributed by atoms with Crippen LogP contribution in [-0.2, 0) is 4.79 Å². The zero-order valence-corrected chi connectivity index (χ0v) is 19.3. The number of ether oxygens (including phenoxy) is 2. The first kappa shape index (κ1) is 22.3. The number of thiazole rings is 1. The van der Waals surface area contributed by atoms with Gasteiger partial charge in [0.05, 0.1) is 21.3 Å². The molecule has 5 aromatic rings. The Balaban J connectivity index is 1.32. The van der Waals surface area contributed by atoms with E-state index in [-0.39, 0.29) is 11.3 Å². The van der Waals surface area contributed by atoms with E-state index in [4.69, 9.17) is 9.47 Å². The van der Waals surface area contributed by atoms with Crippen molar-refractivity contribution in [3.8, 4) is 22.1 Å². The predicted molar refractivity (Wildman–Crippen MR) is 138 cm³/mol. The first-order valence-corrected chi connectivity index (χ1v) is 11.7. The van der Waals surface area contributed by atoms with E-state index < -0.39 is 11.9 Å². The number of carbonyl (C=O) groups is 2. The molecule has 0 saturated carbocycles. The Bertz CT molecular complexity index is 1510. The molecule has 0 bridgehead atoms. The van der Waals surface area contributed by atoms with E-state index >= 15 is 0 Å². The molecule has 0 radical (unpaired) electrons. The Hall–Kier alpha value is -4.55. The monoisotopic (exact) mass is 477 g/mol. The lowest BCUT2D eigenvalue weighted by molar-refractivity contribution is -0.128. The highest BCUT2D eigenvalue weighted by Crippen LogP contribution is 2.36. The molecule has 0 amide bonds. The summed E-state index contributed by atoms with van der Waals surface area (Å²) in [5, 5.41) is 0.766. The Morgan fingerprint density at radius 3 is 2.40 bits per heavy atom. The summed E-state index contributed by atoms with van der Waals surface area (Å²) in [6.07, 6.45) is 3.01. The van der Waals surface area contributed by atoms with Crippen molar-refractivity contribution in [1.29, 1.82) is 0 Å². The average molecular weight is 478 g/mol. The van der Waals surface area contributed by atoms with E-state index in [1.807, 2.05) is 66.7 Å². The topological polar surface area (TPSA) is 65.5 Å². The minimum Gasteiger partial charge on any atom is -0.423 e. The van der Waals surface area contributed by atoms with Gasteiger partial charge in [0, 0.05) is 6.08 Å². The number of hydrogen-bond acceptors (Lipinski definition) is 6. The summed E-state index contributed by atoms with van der Waals surface area (Å²) in [6, 6.07) is 30.9. The maximum Gasteiger partial charge on any atom is 0.343 e. The van der Waals surface area contributed by atoms with Crippen LogP contribution in [0.2, 0.25) is 0 Å². The fraction of sp³-hybridized carbons (Fsp3) is 0. The summed E-state index contributed by atoms with van der Waals surface area (Å²) < 4.78 is 12.1. The Labute approximate surface area is 205 Å². The van der Waals surface area contributed by atoms with Gasteiger partial charge in [0.2, 0.25) is 0 Å². The van der Waals surface area contributed by atoms with E-state index in [2.05, 4.69) is 4.98 Å². The SMILES string of the molecule is O=C(/C=C\c1ccccc1)Oc1cccc(C(=O)Oc2ccccc2-c2nc3ccccc3s2)c1. The van der Waals surface area contributed by atoms with E-state index in [1.165, 1.54) is 23.5 Å². The molecule has 0 aliphatic rings. The highest BCUT2D eigenvalue weighted by atomic mass is 32.1. The van der Waals surface area contributed by atoms with Gasteiger partial charge in [0.1, 0.15) is 16.5 Å². The van der Waals surface area contributed by atoms with Crippen molar-refractivity contribution < 1.29 is 19.1 Å². The molecule has 0 aliphatic heterocycles. The molecular formula is C29H19NO4S. The summed E-state index contributed by atoms with van der Waals surface area (Å²) in [5.41, 5.74) is 2.77. The van der Waals surface area contributed by atoms with Gasteiger partial charge in [-0.3, -0.25) is 0 Å². The fourth-order valence-corrected chi connectivity index (χ4v) is 4.44. The van der Waals surface area contributed by atoms with Gasteiger partial charge in [-0.05, 0) is 54.1 Å². The summed E-state index contributed by atoms with van der Waals surface area (Å²) >= 11 is 1.53. The predicted octanol–water partition coefficient (Wildman–Crippen LogP) is 6.80. The normalized spacial score (nSPS) is 11.0. The molecule has 35 heavy (non-hydrogen) atoms. The van der Waals surface area contributed by atoms with Gasteiger partial charge in [0.25, 0.3) is 0 Å². The first-order chi connectivity index (χ1) is 17.2. The third-order valence-electron chi connectivity index (χ3n) is 5.11. The fourth-order valence-electron chi connectivity index (χ4n) is 3.44. The van der Waals surface area contributed by atoms with Gasteiger partial charge in [-0.25, -0.2) is 14.6 Å². The lowest BCUT2D eigenvalue weighted by Gasteiger charge is -2.09. The molecule has 6 heteroatoms. The molecule has 0 atom stereocenters. The van der Waals surface area contributed by atoms with E-state index in [0.717, 1.165) is 26.4 Å². The van der Waals surface area contributed by atoms with Crippen molar-refractivity contribution in [1.82, 2.24) is 4.98 Å². The maximum absolute atomic E-state index is 12.9. The maximum atomic E-state index is 12.9. The van der Waals surface area contributed by atoms with Crippen LogP contribution in [0.4, 0.5) is 0 Å². The van der Waals surface area contributed by atoms with Crippen LogP contribution in [0.15, 0.2) is 109 Å². The van der Waals surface area contributed by atoms with Crippen molar-refractivity contribution in [2.75, 3.05) is 0 Å². The molecule has 5 nitrogen and oxygen atoms in total. The van der Waals surface area contributed by atoms with Gasteiger partial charge in [-0.1, -0.05) is 60.7 Å². The minimum absolute atomic E-state index is 0.251.